The highest BCUT2D eigenvalue weighted by atomic mass is 16.2. The highest BCUT2D eigenvalue weighted by molar-refractivity contribution is 5.94. The third kappa shape index (κ3) is 6.18. The van der Waals surface area contributed by atoms with Crippen molar-refractivity contribution in [1.82, 2.24) is 29.8 Å². The molecule has 4 atom stereocenters. The van der Waals surface area contributed by atoms with Crippen LogP contribution in [0, 0.1) is 18.8 Å². The van der Waals surface area contributed by atoms with Crippen LogP contribution in [-0.2, 0) is 34.4 Å². The van der Waals surface area contributed by atoms with Gasteiger partial charge in [0.15, 0.2) is 0 Å². The number of carbonyl (C=O) groups excluding carboxylic acids is 3. The van der Waals surface area contributed by atoms with E-state index in [0.29, 0.717) is 25.9 Å². The molecular weight excluding hydrogens is 540 g/mol. The molecule has 0 bridgehead atoms. The fraction of sp³-hybridized carbons (Fsp3) is 0.529. The standard InChI is InChI=1S/C34H44N6O3/c1-23-8-10-24(11-9-23)17-26-19-30(32(41)35-20-25-12-13-29-27(18-25)21-36-38(29)3)40(22-26)34(43)31-28(7-6-14-37(31)2)33(42)39-15-4-5-16-39/h8-13,18,21,26,28,30-31H,4-7,14-17,19-20,22H2,1-3H3,(H,35,41)/t26-,28+,30+,31-/m1/s1. The van der Waals surface area contributed by atoms with Crippen LogP contribution < -0.4 is 5.32 Å². The van der Waals surface area contributed by atoms with Gasteiger partial charge >= 0.3 is 0 Å². The largest absolute Gasteiger partial charge is 0.350 e. The Morgan fingerprint density at radius 2 is 1.67 bits per heavy atom. The quantitative estimate of drug-likeness (QED) is 0.461. The number of carbonyl (C=O) groups is 3. The zero-order valence-corrected chi connectivity index (χ0v) is 25.7. The molecular formula is C34H44N6O3. The van der Waals surface area contributed by atoms with Gasteiger partial charge in [-0.1, -0.05) is 35.9 Å². The van der Waals surface area contributed by atoms with Crippen molar-refractivity contribution in [3.05, 3.63) is 65.4 Å². The summed E-state index contributed by atoms with van der Waals surface area (Å²) in [6.07, 6.45) is 6.90. The monoisotopic (exact) mass is 584 g/mol. The zero-order chi connectivity index (χ0) is 30.1. The van der Waals surface area contributed by atoms with Gasteiger partial charge in [0.2, 0.25) is 17.7 Å². The minimum Gasteiger partial charge on any atom is -0.350 e. The van der Waals surface area contributed by atoms with E-state index in [1.807, 2.05) is 48.1 Å². The van der Waals surface area contributed by atoms with E-state index in [9.17, 15) is 14.4 Å². The van der Waals surface area contributed by atoms with Gasteiger partial charge in [-0.2, -0.15) is 5.10 Å². The molecule has 9 nitrogen and oxygen atoms in total. The van der Waals surface area contributed by atoms with E-state index in [1.54, 1.807) is 4.90 Å². The number of hydrogen-bond donors (Lipinski definition) is 1. The van der Waals surface area contributed by atoms with Crippen LogP contribution in [0.2, 0.25) is 0 Å². The Hall–Kier alpha value is -3.72. The van der Waals surface area contributed by atoms with Gasteiger partial charge in [0.05, 0.1) is 17.6 Å². The molecule has 1 N–H and O–H groups in total. The van der Waals surface area contributed by atoms with Crippen molar-refractivity contribution in [2.24, 2.45) is 18.9 Å². The number of fused-ring (bicyclic) bond motifs is 1. The Kier molecular flexibility index (Phi) is 8.52. The van der Waals surface area contributed by atoms with Crippen LogP contribution in [0.5, 0.6) is 0 Å². The maximum absolute atomic E-state index is 14.4. The number of aromatic nitrogens is 2. The molecule has 4 heterocycles. The molecule has 0 unspecified atom stereocenters. The fourth-order valence-corrected chi connectivity index (χ4v) is 7.38. The maximum Gasteiger partial charge on any atom is 0.243 e. The molecule has 0 saturated carbocycles. The second-order valence-corrected chi connectivity index (χ2v) is 12.9. The number of benzene rings is 2. The van der Waals surface area contributed by atoms with Crippen LogP contribution >= 0.6 is 0 Å². The van der Waals surface area contributed by atoms with E-state index in [2.05, 4.69) is 46.5 Å². The summed E-state index contributed by atoms with van der Waals surface area (Å²) < 4.78 is 1.83. The molecule has 0 radical (unpaired) electrons. The average Bonchev–Trinajstić information content (AvgIpc) is 3.77. The Labute approximate surface area is 254 Å². The molecule has 6 rings (SSSR count). The summed E-state index contributed by atoms with van der Waals surface area (Å²) in [6.45, 7) is 5.29. The summed E-state index contributed by atoms with van der Waals surface area (Å²) in [6, 6.07) is 13.5. The summed E-state index contributed by atoms with van der Waals surface area (Å²) in [5.41, 5.74) is 4.45. The van der Waals surface area contributed by atoms with E-state index >= 15 is 0 Å². The average molecular weight is 585 g/mol. The van der Waals surface area contributed by atoms with Crippen molar-refractivity contribution in [2.45, 2.75) is 64.1 Å². The van der Waals surface area contributed by atoms with Crippen molar-refractivity contribution in [3.63, 3.8) is 0 Å². The second-order valence-electron chi connectivity index (χ2n) is 12.9. The van der Waals surface area contributed by atoms with Crippen LogP contribution in [-0.4, -0.2) is 87.5 Å². The van der Waals surface area contributed by atoms with Crippen molar-refractivity contribution < 1.29 is 14.4 Å². The molecule has 43 heavy (non-hydrogen) atoms. The van der Waals surface area contributed by atoms with Gasteiger partial charge in [-0.3, -0.25) is 24.0 Å². The number of nitrogens with zero attached hydrogens (tertiary/aromatic N) is 5. The molecule has 0 aliphatic carbocycles. The van der Waals surface area contributed by atoms with E-state index in [4.69, 9.17) is 0 Å². The number of amides is 3. The molecule has 3 fully saturated rings. The smallest absolute Gasteiger partial charge is 0.243 e. The Morgan fingerprint density at radius 1 is 0.930 bits per heavy atom. The number of piperidine rings is 1. The van der Waals surface area contributed by atoms with Gasteiger partial charge in [-0.25, -0.2) is 0 Å². The van der Waals surface area contributed by atoms with Crippen LogP contribution in [0.1, 0.15) is 48.8 Å². The number of rotatable bonds is 7. The second kappa shape index (κ2) is 12.5. The first-order valence-electron chi connectivity index (χ1n) is 15.8. The molecule has 2 aromatic carbocycles. The first-order chi connectivity index (χ1) is 20.8. The van der Waals surface area contributed by atoms with Crippen molar-refractivity contribution >= 4 is 28.6 Å². The van der Waals surface area contributed by atoms with Gasteiger partial charge in [0, 0.05) is 38.6 Å². The molecule has 228 valence electrons. The first-order valence-corrected chi connectivity index (χ1v) is 15.8. The van der Waals surface area contributed by atoms with Gasteiger partial charge in [-0.15, -0.1) is 0 Å². The number of likely N-dealkylation sites (N-methyl/N-ethyl adjacent to an activating group) is 1. The number of aryl methyl sites for hydroxylation is 2. The minimum atomic E-state index is -0.567. The summed E-state index contributed by atoms with van der Waals surface area (Å²) in [4.78, 5) is 47.7. The zero-order valence-electron chi connectivity index (χ0n) is 25.7. The lowest BCUT2D eigenvalue weighted by molar-refractivity contribution is -0.151. The number of hydrogen-bond acceptors (Lipinski definition) is 5. The first kappa shape index (κ1) is 29.4. The van der Waals surface area contributed by atoms with Crippen LogP contribution in [0.4, 0.5) is 0 Å². The Morgan fingerprint density at radius 3 is 2.44 bits per heavy atom. The fourth-order valence-electron chi connectivity index (χ4n) is 7.38. The Balaban J connectivity index is 1.22. The molecule has 3 aromatic rings. The highest BCUT2D eigenvalue weighted by Crippen LogP contribution is 2.33. The lowest BCUT2D eigenvalue weighted by Gasteiger charge is -2.41. The van der Waals surface area contributed by atoms with Gasteiger partial charge in [0.1, 0.15) is 12.1 Å². The molecule has 0 spiro atoms. The molecule has 3 saturated heterocycles. The maximum atomic E-state index is 14.4. The third-order valence-corrected chi connectivity index (χ3v) is 9.77. The summed E-state index contributed by atoms with van der Waals surface area (Å²) >= 11 is 0. The molecule has 9 heteroatoms. The SMILES string of the molecule is Cc1ccc(C[C@@H]2C[C@@H](C(=O)NCc3ccc4c(cnn4C)c3)N(C(=O)[C@H]3[C@@H](C(=O)N4CCCC4)CCCN3C)C2)cc1. The summed E-state index contributed by atoms with van der Waals surface area (Å²) in [5, 5.41) is 8.48. The van der Waals surface area contributed by atoms with Crippen LogP contribution in [0.25, 0.3) is 10.9 Å². The lowest BCUT2D eigenvalue weighted by atomic mass is 9.87. The number of nitrogens with one attached hydrogen (secondary N) is 1. The Bertz CT molecular complexity index is 1480. The van der Waals surface area contributed by atoms with Crippen LogP contribution in [0.3, 0.4) is 0 Å². The molecule has 3 aliphatic rings. The normalized spacial score (nSPS) is 24.5. The summed E-state index contributed by atoms with van der Waals surface area (Å²) in [5.74, 6) is -0.314. The molecule has 3 amide bonds. The topological polar surface area (TPSA) is 90.8 Å². The summed E-state index contributed by atoms with van der Waals surface area (Å²) in [7, 11) is 3.87. The van der Waals surface area contributed by atoms with Crippen LogP contribution in [0.15, 0.2) is 48.7 Å². The van der Waals surface area contributed by atoms with Gasteiger partial charge in [-0.05, 0) is 88.2 Å². The van der Waals surface area contributed by atoms with Gasteiger partial charge in [0.25, 0.3) is 0 Å². The minimum absolute atomic E-state index is 0.0805. The van der Waals surface area contributed by atoms with E-state index in [1.165, 1.54) is 11.1 Å². The molecule has 1 aromatic heterocycles. The molecule has 3 aliphatic heterocycles. The van der Waals surface area contributed by atoms with Crippen molar-refractivity contribution in [2.75, 3.05) is 33.2 Å². The van der Waals surface area contributed by atoms with Crippen molar-refractivity contribution in [1.29, 1.82) is 0 Å². The third-order valence-electron chi connectivity index (χ3n) is 9.77. The lowest BCUT2D eigenvalue weighted by Crippen LogP contribution is -2.59. The predicted octanol–water partition coefficient (Wildman–Crippen LogP) is 3.29. The van der Waals surface area contributed by atoms with Gasteiger partial charge < -0.3 is 15.1 Å². The van der Waals surface area contributed by atoms with E-state index in [0.717, 1.165) is 61.8 Å². The van der Waals surface area contributed by atoms with E-state index < -0.39 is 12.1 Å². The van der Waals surface area contributed by atoms with Crippen molar-refractivity contribution in [3.8, 4) is 0 Å². The number of likely N-dealkylation sites (tertiary alicyclic amines) is 3. The predicted molar refractivity (Wildman–Crippen MR) is 166 cm³/mol. The highest BCUT2D eigenvalue weighted by Gasteiger charge is 2.47. The van der Waals surface area contributed by atoms with E-state index in [-0.39, 0.29) is 29.6 Å².